The number of carboxylic acids is 2. The van der Waals surface area contributed by atoms with Crippen LogP contribution in [0, 0.1) is 5.41 Å². The largest absolute Gasteiger partial charge is 0.481 e. The van der Waals surface area contributed by atoms with Crippen LogP contribution in [0.3, 0.4) is 0 Å². The molecule has 156 valence electrons. The summed E-state index contributed by atoms with van der Waals surface area (Å²) in [5.74, 6) is -3.17. The molecule has 8 nitrogen and oxygen atoms in total. The van der Waals surface area contributed by atoms with E-state index in [1.807, 2.05) is 0 Å². The van der Waals surface area contributed by atoms with Crippen LogP contribution >= 0.6 is 0 Å². The lowest BCUT2D eigenvalue weighted by atomic mass is 9.73. The summed E-state index contributed by atoms with van der Waals surface area (Å²) in [7, 11) is 0. The molecule has 0 bridgehead atoms. The highest BCUT2D eigenvalue weighted by Crippen LogP contribution is 2.37. The highest BCUT2D eigenvalue weighted by atomic mass is 16.6. The van der Waals surface area contributed by atoms with Crippen LogP contribution in [0.2, 0.25) is 0 Å². The van der Waals surface area contributed by atoms with Crippen LogP contribution < -0.4 is 0 Å². The maximum atomic E-state index is 12.1. The normalized spacial score (nSPS) is 15.3. The summed E-state index contributed by atoms with van der Waals surface area (Å²) in [6.07, 6.45) is 2.89. The van der Waals surface area contributed by atoms with Crippen molar-refractivity contribution in [3.63, 3.8) is 0 Å². The molecule has 0 aromatic heterocycles. The van der Waals surface area contributed by atoms with Crippen molar-refractivity contribution in [1.82, 2.24) is 0 Å². The number of carbonyl (C=O) groups excluding carboxylic acids is 2. The lowest BCUT2D eigenvalue weighted by Crippen LogP contribution is -2.52. The summed E-state index contributed by atoms with van der Waals surface area (Å²) in [5.41, 5.74) is -1.53. The zero-order chi connectivity index (χ0) is 21.0. The van der Waals surface area contributed by atoms with Gasteiger partial charge >= 0.3 is 23.9 Å². The topological polar surface area (TPSA) is 127 Å². The SMILES string of the molecule is CC(=O)OC(C)C(CCCCCCCCC(=O)O)(C(=O)O)C(C)OC(C)=O. The molecule has 0 radical (unpaired) electrons. The Bertz CT molecular complexity index is 492. The van der Waals surface area contributed by atoms with Crippen LogP contribution in [-0.4, -0.2) is 46.3 Å². The van der Waals surface area contributed by atoms with Gasteiger partial charge in [0.05, 0.1) is 0 Å². The Morgan fingerprint density at radius 2 is 1.19 bits per heavy atom. The third-order valence-corrected chi connectivity index (χ3v) is 4.77. The molecule has 2 unspecified atom stereocenters. The van der Waals surface area contributed by atoms with Gasteiger partial charge in [0.2, 0.25) is 0 Å². The predicted octanol–water partition coefficient (Wildman–Crippen LogP) is 3.17. The van der Waals surface area contributed by atoms with E-state index < -0.39 is 41.5 Å². The van der Waals surface area contributed by atoms with Gasteiger partial charge in [-0.15, -0.1) is 0 Å². The van der Waals surface area contributed by atoms with E-state index >= 15 is 0 Å². The van der Waals surface area contributed by atoms with Crippen molar-refractivity contribution in [3.8, 4) is 0 Å². The van der Waals surface area contributed by atoms with Crippen molar-refractivity contribution in [2.75, 3.05) is 0 Å². The van der Waals surface area contributed by atoms with Gasteiger partial charge in [-0.2, -0.15) is 0 Å². The zero-order valence-corrected chi connectivity index (χ0v) is 16.7. The number of carboxylic acid groups (broad SMARTS) is 2. The summed E-state index contributed by atoms with van der Waals surface area (Å²) in [5, 5.41) is 18.5. The van der Waals surface area contributed by atoms with Crippen LogP contribution in [-0.2, 0) is 28.7 Å². The zero-order valence-electron chi connectivity index (χ0n) is 16.7. The fraction of sp³-hybridized carbons (Fsp3) is 0.789. The molecule has 0 aliphatic carbocycles. The second-order valence-corrected chi connectivity index (χ2v) is 6.86. The van der Waals surface area contributed by atoms with Crippen molar-refractivity contribution < 1.29 is 38.9 Å². The Hall–Kier alpha value is -2.12. The number of ether oxygens (including phenoxy) is 2. The first-order chi connectivity index (χ1) is 12.5. The molecular formula is C19H32O8. The van der Waals surface area contributed by atoms with Crippen molar-refractivity contribution >= 4 is 23.9 Å². The van der Waals surface area contributed by atoms with E-state index in [1.54, 1.807) is 0 Å². The minimum Gasteiger partial charge on any atom is -0.481 e. The van der Waals surface area contributed by atoms with Crippen LogP contribution in [0.15, 0.2) is 0 Å². The minimum absolute atomic E-state index is 0.155. The molecule has 0 aliphatic heterocycles. The lowest BCUT2D eigenvalue weighted by Gasteiger charge is -2.38. The Balaban J connectivity index is 4.88. The van der Waals surface area contributed by atoms with Crippen LogP contribution in [0.25, 0.3) is 0 Å². The van der Waals surface area contributed by atoms with Crippen molar-refractivity contribution in [3.05, 3.63) is 0 Å². The molecule has 0 aromatic rings. The predicted molar refractivity (Wildman–Crippen MR) is 97.1 cm³/mol. The van der Waals surface area contributed by atoms with E-state index in [2.05, 4.69) is 0 Å². The molecule has 27 heavy (non-hydrogen) atoms. The molecule has 0 heterocycles. The maximum Gasteiger partial charge on any atom is 0.317 e. The van der Waals surface area contributed by atoms with Gasteiger partial charge in [-0.1, -0.05) is 32.1 Å². The van der Waals surface area contributed by atoms with Crippen LogP contribution in [0.4, 0.5) is 0 Å². The molecule has 0 aliphatic rings. The first-order valence-electron chi connectivity index (χ1n) is 9.33. The molecule has 0 spiro atoms. The molecule has 0 fully saturated rings. The van der Waals surface area contributed by atoms with Crippen molar-refractivity contribution in [2.45, 2.75) is 91.3 Å². The molecular weight excluding hydrogens is 356 g/mol. The third-order valence-electron chi connectivity index (χ3n) is 4.77. The Morgan fingerprint density at radius 3 is 1.56 bits per heavy atom. The van der Waals surface area contributed by atoms with E-state index in [0.717, 1.165) is 25.7 Å². The number of hydrogen-bond acceptors (Lipinski definition) is 6. The van der Waals surface area contributed by atoms with Gasteiger partial charge in [0, 0.05) is 20.3 Å². The number of aliphatic carboxylic acids is 2. The van der Waals surface area contributed by atoms with Gasteiger partial charge in [-0.05, 0) is 26.7 Å². The molecule has 0 saturated carbocycles. The van der Waals surface area contributed by atoms with Crippen LogP contribution in [0.1, 0.15) is 79.1 Å². The van der Waals surface area contributed by atoms with E-state index in [-0.39, 0.29) is 12.8 Å². The fourth-order valence-electron chi connectivity index (χ4n) is 3.30. The molecule has 0 saturated heterocycles. The summed E-state index contributed by atoms with van der Waals surface area (Å²) >= 11 is 0. The highest BCUT2D eigenvalue weighted by molar-refractivity contribution is 5.78. The average Bonchev–Trinajstić information content (AvgIpc) is 2.51. The summed E-state index contributed by atoms with van der Waals surface area (Å²) in [4.78, 5) is 45.2. The highest BCUT2D eigenvalue weighted by Gasteiger charge is 2.51. The molecule has 2 N–H and O–H groups in total. The van der Waals surface area contributed by atoms with Gasteiger partial charge in [0.25, 0.3) is 0 Å². The van der Waals surface area contributed by atoms with E-state index in [1.165, 1.54) is 27.7 Å². The number of rotatable bonds is 14. The maximum absolute atomic E-state index is 12.1. The summed E-state index contributed by atoms with van der Waals surface area (Å²) in [6, 6.07) is 0. The molecule has 0 rings (SSSR count). The van der Waals surface area contributed by atoms with E-state index in [4.69, 9.17) is 14.6 Å². The van der Waals surface area contributed by atoms with Gasteiger partial charge in [0.15, 0.2) is 0 Å². The molecule has 0 aromatic carbocycles. The van der Waals surface area contributed by atoms with Gasteiger partial charge in [-0.3, -0.25) is 19.2 Å². The van der Waals surface area contributed by atoms with Gasteiger partial charge in [-0.25, -0.2) is 0 Å². The molecule has 0 amide bonds. The second-order valence-electron chi connectivity index (χ2n) is 6.86. The average molecular weight is 388 g/mol. The smallest absolute Gasteiger partial charge is 0.317 e. The Kier molecular flexibility index (Phi) is 11.3. The van der Waals surface area contributed by atoms with Crippen LogP contribution in [0.5, 0.6) is 0 Å². The quantitative estimate of drug-likeness (QED) is 0.343. The van der Waals surface area contributed by atoms with Gasteiger partial charge < -0.3 is 19.7 Å². The number of carbonyl (C=O) groups is 4. The van der Waals surface area contributed by atoms with Gasteiger partial charge in [0.1, 0.15) is 17.6 Å². The Labute approximate surface area is 160 Å². The summed E-state index contributed by atoms with van der Waals surface area (Å²) < 4.78 is 10.3. The third kappa shape index (κ3) is 8.88. The van der Waals surface area contributed by atoms with Crippen molar-refractivity contribution in [1.29, 1.82) is 0 Å². The number of esters is 2. The van der Waals surface area contributed by atoms with Crippen molar-refractivity contribution in [2.24, 2.45) is 5.41 Å². The monoisotopic (exact) mass is 388 g/mol. The first-order valence-corrected chi connectivity index (χ1v) is 9.33. The second kappa shape index (κ2) is 12.3. The summed E-state index contributed by atoms with van der Waals surface area (Å²) in [6.45, 7) is 5.41. The molecule has 8 heteroatoms. The van der Waals surface area contributed by atoms with E-state index in [0.29, 0.717) is 12.8 Å². The first kappa shape index (κ1) is 24.9. The number of hydrogen-bond donors (Lipinski definition) is 2. The Morgan fingerprint density at radius 1 is 0.778 bits per heavy atom. The fourth-order valence-corrected chi connectivity index (χ4v) is 3.30. The standard InChI is InChI=1S/C19H32O8/c1-13(26-15(3)20)19(18(24)25,14(2)27-16(4)21)12-10-8-6-5-7-9-11-17(22)23/h13-14H,5-12H2,1-4H3,(H,22,23)(H,24,25). The number of unbranched alkanes of at least 4 members (excludes halogenated alkanes) is 5. The molecule has 2 atom stereocenters. The lowest BCUT2D eigenvalue weighted by molar-refractivity contribution is -0.185. The minimum atomic E-state index is -1.53. The van der Waals surface area contributed by atoms with E-state index in [9.17, 15) is 24.3 Å².